The molecule has 3 rings (SSSR count). The summed E-state index contributed by atoms with van der Waals surface area (Å²) in [6.45, 7) is 3.64. The van der Waals surface area contributed by atoms with E-state index in [0.29, 0.717) is 11.3 Å². The van der Waals surface area contributed by atoms with Gasteiger partial charge in [0.05, 0.1) is 28.7 Å². The maximum Gasteiger partial charge on any atom is 0.338 e. The molecular weight excluding hydrogens is 356 g/mol. The van der Waals surface area contributed by atoms with Crippen LogP contribution in [0.4, 0.5) is 17.1 Å². The number of nitrogens with two attached hydrogens (primary N) is 1. The van der Waals surface area contributed by atoms with Gasteiger partial charge in [0.2, 0.25) is 0 Å². The van der Waals surface area contributed by atoms with Crippen molar-refractivity contribution in [2.24, 2.45) is 0 Å². The van der Waals surface area contributed by atoms with Gasteiger partial charge >= 0.3 is 5.97 Å². The Labute approximate surface area is 163 Å². The molecule has 0 unspecified atom stereocenters. The first kappa shape index (κ1) is 18.9. The summed E-state index contributed by atoms with van der Waals surface area (Å²) < 4.78 is 5.22. The molecule has 0 spiro atoms. The summed E-state index contributed by atoms with van der Waals surface area (Å²) >= 11 is 1.68. The lowest BCUT2D eigenvalue weighted by atomic mass is 10.1. The minimum atomic E-state index is -0.372. The summed E-state index contributed by atoms with van der Waals surface area (Å²) in [6.07, 6.45) is -0.168. The zero-order valence-electron chi connectivity index (χ0n) is 15.3. The normalized spacial score (nSPS) is 10.6. The van der Waals surface area contributed by atoms with Crippen molar-refractivity contribution < 1.29 is 9.53 Å². The molecule has 27 heavy (non-hydrogen) atoms. The second-order valence-electron chi connectivity index (χ2n) is 6.29. The number of anilines is 3. The number of carbonyl (C=O) groups is 1. The van der Waals surface area contributed by atoms with Crippen LogP contribution in [0.5, 0.6) is 0 Å². The van der Waals surface area contributed by atoms with Crippen molar-refractivity contribution >= 4 is 34.8 Å². The first-order chi connectivity index (χ1) is 13.0. The number of para-hydroxylation sites is 1. The minimum absolute atomic E-state index is 0.168. The smallest absolute Gasteiger partial charge is 0.338 e. The molecule has 0 aromatic heterocycles. The number of benzene rings is 3. The number of esters is 1. The SMILES string of the molecule is CC(C)OC(=O)c1ccc(Nc2ccccc2Sc2ccccc2)c(N)c1. The number of ether oxygens (including phenoxy) is 1. The Morgan fingerprint density at radius 3 is 2.37 bits per heavy atom. The van der Waals surface area contributed by atoms with E-state index in [0.717, 1.165) is 21.2 Å². The average molecular weight is 378 g/mol. The second kappa shape index (κ2) is 8.64. The largest absolute Gasteiger partial charge is 0.459 e. The van der Waals surface area contributed by atoms with Gasteiger partial charge in [0, 0.05) is 9.79 Å². The zero-order chi connectivity index (χ0) is 19.2. The van der Waals surface area contributed by atoms with E-state index in [2.05, 4.69) is 23.5 Å². The molecule has 0 aliphatic heterocycles. The molecule has 138 valence electrons. The van der Waals surface area contributed by atoms with Crippen molar-refractivity contribution in [1.29, 1.82) is 0 Å². The molecule has 3 aromatic rings. The maximum atomic E-state index is 12.0. The van der Waals surface area contributed by atoms with E-state index in [1.807, 2.05) is 50.2 Å². The van der Waals surface area contributed by atoms with Crippen LogP contribution in [0.15, 0.2) is 82.6 Å². The Morgan fingerprint density at radius 1 is 0.963 bits per heavy atom. The fourth-order valence-corrected chi connectivity index (χ4v) is 3.43. The van der Waals surface area contributed by atoms with Crippen LogP contribution in [-0.4, -0.2) is 12.1 Å². The van der Waals surface area contributed by atoms with Crippen molar-refractivity contribution in [2.45, 2.75) is 29.7 Å². The number of hydrogen-bond acceptors (Lipinski definition) is 5. The van der Waals surface area contributed by atoms with Gasteiger partial charge in [-0.3, -0.25) is 0 Å². The Morgan fingerprint density at radius 2 is 1.67 bits per heavy atom. The highest BCUT2D eigenvalue weighted by molar-refractivity contribution is 7.99. The van der Waals surface area contributed by atoms with Crippen LogP contribution in [0.1, 0.15) is 24.2 Å². The highest BCUT2D eigenvalue weighted by Gasteiger charge is 2.12. The highest BCUT2D eigenvalue weighted by atomic mass is 32.2. The molecule has 0 bridgehead atoms. The van der Waals surface area contributed by atoms with E-state index in [4.69, 9.17) is 10.5 Å². The molecule has 0 saturated heterocycles. The lowest BCUT2D eigenvalue weighted by molar-refractivity contribution is 0.0378. The van der Waals surface area contributed by atoms with Crippen LogP contribution in [0, 0.1) is 0 Å². The number of nitrogens with one attached hydrogen (secondary N) is 1. The first-order valence-corrected chi connectivity index (χ1v) is 9.54. The molecule has 3 N–H and O–H groups in total. The van der Waals surface area contributed by atoms with E-state index in [1.165, 1.54) is 0 Å². The van der Waals surface area contributed by atoms with Crippen LogP contribution >= 0.6 is 11.8 Å². The van der Waals surface area contributed by atoms with Gasteiger partial charge in [-0.15, -0.1) is 0 Å². The Balaban J connectivity index is 1.80. The van der Waals surface area contributed by atoms with Crippen LogP contribution in [0.2, 0.25) is 0 Å². The Bertz CT molecular complexity index is 927. The molecule has 3 aromatic carbocycles. The van der Waals surface area contributed by atoms with Crippen LogP contribution in [0.3, 0.4) is 0 Å². The predicted molar refractivity (Wildman–Crippen MR) is 112 cm³/mol. The fourth-order valence-electron chi connectivity index (χ4n) is 2.51. The van der Waals surface area contributed by atoms with E-state index in [-0.39, 0.29) is 12.1 Å². The minimum Gasteiger partial charge on any atom is -0.459 e. The molecule has 0 atom stereocenters. The van der Waals surface area contributed by atoms with Crippen LogP contribution in [0.25, 0.3) is 0 Å². The third-order valence-corrected chi connectivity index (χ3v) is 4.84. The summed E-state index contributed by atoms with van der Waals surface area (Å²) in [5.41, 5.74) is 8.80. The van der Waals surface area contributed by atoms with Crippen molar-refractivity contribution in [3.05, 3.63) is 78.4 Å². The molecule has 0 fully saturated rings. The summed E-state index contributed by atoms with van der Waals surface area (Å²) in [6, 6.07) is 23.4. The van der Waals surface area contributed by atoms with E-state index in [1.54, 1.807) is 30.0 Å². The molecule has 0 aliphatic rings. The predicted octanol–water partition coefficient (Wildman–Crippen LogP) is 5.73. The lowest BCUT2D eigenvalue weighted by Gasteiger charge is -2.14. The zero-order valence-corrected chi connectivity index (χ0v) is 16.1. The Hall–Kier alpha value is -2.92. The maximum absolute atomic E-state index is 12.0. The average Bonchev–Trinajstić information content (AvgIpc) is 2.65. The number of nitrogen functional groups attached to an aromatic ring is 1. The number of hydrogen-bond donors (Lipinski definition) is 2. The molecule has 5 heteroatoms. The van der Waals surface area contributed by atoms with Gasteiger partial charge in [-0.2, -0.15) is 0 Å². The molecule has 0 saturated carbocycles. The third kappa shape index (κ3) is 5.05. The van der Waals surface area contributed by atoms with Crippen molar-refractivity contribution in [3.8, 4) is 0 Å². The summed E-state index contributed by atoms with van der Waals surface area (Å²) in [5, 5.41) is 3.37. The van der Waals surface area contributed by atoms with Crippen molar-refractivity contribution in [3.63, 3.8) is 0 Å². The van der Waals surface area contributed by atoms with Gasteiger partial charge in [-0.1, -0.05) is 42.1 Å². The molecule has 0 aliphatic carbocycles. The van der Waals surface area contributed by atoms with Gasteiger partial charge in [0.1, 0.15) is 0 Å². The lowest BCUT2D eigenvalue weighted by Crippen LogP contribution is -2.12. The second-order valence-corrected chi connectivity index (χ2v) is 7.41. The quantitative estimate of drug-likeness (QED) is 0.424. The van der Waals surface area contributed by atoms with E-state index >= 15 is 0 Å². The van der Waals surface area contributed by atoms with Gasteiger partial charge in [-0.25, -0.2) is 4.79 Å². The molecule has 0 heterocycles. The van der Waals surface area contributed by atoms with E-state index in [9.17, 15) is 4.79 Å². The van der Waals surface area contributed by atoms with E-state index < -0.39 is 0 Å². The molecule has 0 radical (unpaired) electrons. The standard InChI is InChI=1S/C22H22N2O2S/c1-15(2)26-22(25)16-12-13-19(18(23)14-16)24-20-10-6-7-11-21(20)27-17-8-4-3-5-9-17/h3-15,24H,23H2,1-2H3. The monoisotopic (exact) mass is 378 g/mol. The summed E-state index contributed by atoms with van der Waals surface area (Å²) in [4.78, 5) is 14.3. The molecule has 0 amide bonds. The number of carbonyl (C=O) groups excluding carboxylic acids is 1. The van der Waals surface area contributed by atoms with Crippen LogP contribution < -0.4 is 11.1 Å². The summed E-state index contributed by atoms with van der Waals surface area (Å²) in [5.74, 6) is -0.372. The van der Waals surface area contributed by atoms with Gasteiger partial charge < -0.3 is 15.8 Å². The van der Waals surface area contributed by atoms with Crippen molar-refractivity contribution in [1.82, 2.24) is 0 Å². The topological polar surface area (TPSA) is 64.3 Å². The van der Waals surface area contributed by atoms with Gasteiger partial charge in [-0.05, 0) is 56.3 Å². The third-order valence-electron chi connectivity index (χ3n) is 3.76. The Kier molecular flexibility index (Phi) is 6.04. The number of rotatable bonds is 6. The van der Waals surface area contributed by atoms with Crippen LogP contribution in [-0.2, 0) is 4.74 Å². The summed E-state index contributed by atoms with van der Waals surface area (Å²) in [7, 11) is 0. The highest BCUT2D eigenvalue weighted by Crippen LogP contribution is 2.35. The molecular formula is C22H22N2O2S. The molecule has 4 nitrogen and oxygen atoms in total. The van der Waals surface area contributed by atoms with Gasteiger partial charge in [0.15, 0.2) is 0 Å². The van der Waals surface area contributed by atoms with Crippen molar-refractivity contribution in [2.75, 3.05) is 11.1 Å². The van der Waals surface area contributed by atoms with Gasteiger partial charge in [0.25, 0.3) is 0 Å². The first-order valence-electron chi connectivity index (χ1n) is 8.72. The fraction of sp³-hybridized carbons (Fsp3) is 0.136.